The highest BCUT2D eigenvalue weighted by atomic mass is 19.1. The third-order valence-corrected chi connectivity index (χ3v) is 4.58. The molecule has 156 valence electrons. The Hall–Kier alpha value is -3.55. The number of nitrogens with zero attached hydrogens (tertiary/aromatic N) is 2. The van der Waals surface area contributed by atoms with E-state index >= 15 is 0 Å². The number of aryl methyl sites for hydroxylation is 2. The second-order valence-corrected chi connectivity index (χ2v) is 6.94. The number of ether oxygens (including phenoxy) is 1. The molecule has 0 aliphatic carbocycles. The van der Waals surface area contributed by atoms with E-state index < -0.39 is 30.1 Å². The van der Waals surface area contributed by atoms with Crippen molar-refractivity contribution in [1.82, 2.24) is 9.78 Å². The fraction of sp³-hybridized carbons (Fsp3) is 0.227. The molecule has 1 amide bonds. The molecule has 0 saturated carbocycles. The Balaban J connectivity index is 1.64. The molecule has 0 aliphatic rings. The van der Waals surface area contributed by atoms with Gasteiger partial charge in [0.05, 0.1) is 23.6 Å². The van der Waals surface area contributed by atoms with Crippen molar-refractivity contribution in [1.29, 1.82) is 0 Å². The molecule has 3 aromatic rings. The molecule has 3 rings (SSSR count). The molecule has 0 unspecified atom stereocenters. The number of aromatic nitrogens is 2. The van der Waals surface area contributed by atoms with Crippen molar-refractivity contribution in [2.45, 2.75) is 27.3 Å². The van der Waals surface area contributed by atoms with Crippen LogP contribution in [0, 0.1) is 32.4 Å². The monoisotopic (exact) mass is 413 g/mol. The quantitative estimate of drug-likeness (QED) is 0.622. The number of carbonyl (C=O) groups is 2. The topological polar surface area (TPSA) is 73.2 Å². The van der Waals surface area contributed by atoms with Crippen molar-refractivity contribution in [3.63, 3.8) is 0 Å². The van der Waals surface area contributed by atoms with Crippen molar-refractivity contribution in [3.8, 4) is 0 Å². The highest BCUT2D eigenvalue weighted by molar-refractivity contribution is 5.96. The zero-order chi connectivity index (χ0) is 21.8. The number of rotatable bonds is 6. The van der Waals surface area contributed by atoms with Crippen LogP contribution in [0.25, 0.3) is 0 Å². The van der Waals surface area contributed by atoms with E-state index in [1.54, 1.807) is 18.5 Å². The highest BCUT2D eigenvalue weighted by Gasteiger charge is 2.21. The smallest absolute Gasteiger partial charge is 0.342 e. The summed E-state index contributed by atoms with van der Waals surface area (Å²) in [5.41, 5.74) is 3.36. The van der Waals surface area contributed by atoms with Gasteiger partial charge in [0.15, 0.2) is 6.61 Å². The molecule has 1 heterocycles. The van der Waals surface area contributed by atoms with Gasteiger partial charge in [-0.25, -0.2) is 13.6 Å². The Morgan fingerprint density at radius 2 is 1.77 bits per heavy atom. The number of esters is 1. The van der Waals surface area contributed by atoms with E-state index in [4.69, 9.17) is 4.74 Å². The average molecular weight is 413 g/mol. The molecule has 8 heteroatoms. The fourth-order valence-corrected chi connectivity index (χ4v) is 2.99. The van der Waals surface area contributed by atoms with Crippen molar-refractivity contribution in [2.75, 3.05) is 11.9 Å². The summed E-state index contributed by atoms with van der Waals surface area (Å²) in [7, 11) is 0. The van der Waals surface area contributed by atoms with Crippen LogP contribution in [0.4, 0.5) is 14.5 Å². The lowest BCUT2D eigenvalue weighted by molar-refractivity contribution is -0.119. The van der Waals surface area contributed by atoms with E-state index in [2.05, 4.69) is 10.4 Å². The Morgan fingerprint density at radius 1 is 1.07 bits per heavy atom. The molecule has 0 aliphatic heterocycles. The number of nitrogens with one attached hydrogen (secondary N) is 1. The van der Waals surface area contributed by atoms with Gasteiger partial charge in [-0.3, -0.25) is 9.48 Å². The van der Waals surface area contributed by atoms with E-state index in [0.29, 0.717) is 24.0 Å². The Labute approximate surface area is 172 Å². The summed E-state index contributed by atoms with van der Waals surface area (Å²) in [6.07, 6.45) is 0. The van der Waals surface area contributed by atoms with Crippen molar-refractivity contribution in [3.05, 3.63) is 82.2 Å². The summed E-state index contributed by atoms with van der Waals surface area (Å²) in [4.78, 5) is 24.4. The van der Waals surface area contributed by atoms with Crippen molar-refractivity contribution >= 4 is 17.6 Å². The first-order valence-electron chi connectivity index (χ1n) is 9.26. The van der Waals surface area contributed by atoms with Gasteiger partial charge >= 0.3 is 5.97 Å². The lowest BCUT2D eigenvalue weighted by Gasteiger charge is -2.08. The summed E-state index contributed by atoms with van der Waals surface area (Å²) < 4.78 is 33.3. The summed E-state index contributed by atoms with van der Waals surface area (Å²) in [5, 5.41) is 6.63. The molecule has 1 aromatic heterocycles. The predicted molar refractivity (Wildman–Crippen MR) is 107 cm³/mol. The van der Waals surface area contributed by atoms with Gasteiger partial charge in [-0.05, 0) is 38.5 Å². The molecule has 0 saturated heterocycles. The molecule has 2 aromatic carbocycles. The number of anilines is 1. The predicted octanol–water partition coefficient (Wildman–Crippen LogP) is 3.93. The van der Waals surface area contributed by atoms with Crippen LogP contribution in [0.1, 0.15) is 32.9 Å². The van der Waals surface area contributed by atoms with Crippen LogP contribution in [0.3, 0.4) is 0 Å². The first-order chi connectivity index (χ1) is 14.2. The largest absolute Gasteiger partial charge is 0.452 e. The first-order valence-corrected chi connectivity index (χ1v) is 9.26. The van der Waals surface area contributed by atoms with Gasteiger partial charge in [0.1, 0.15) is 17.2 Å². The normalized spacial score (nSPS) is 10.7. The summed E-state index contributed by atoms with van der Waals surface area (Å²) >= 11 is 0. The molecule has 0 bridgehead atoms. The number of hydrogen-bond acceptors (Lipinski definition) is 4. The van der Waals surface area contributed by atoms with Gasteiger partial charge in [0.2, 0.25) is 0 Å². The fourth-order valence-electron chi connectivity index (χ4n) is 2.99. The van der Waals surface area contributed by atoms with Crippen LogP contribution in [-0.2, 0) is 16.1 Å². The lowest BCUT2D eigenvalue weighted by Crippen LogP contribution is -2.22. The van der Waals surface area contributed by atoms with E-state index in [1.807, 2.05) is 31.2 Å². The minimum Gasteiger partial charge on any atom is -0.452 e. The van der Waals surface area contributed by atoms with E-state index in [1.165, 1.54) is 0 Å². The maximum Gasteiger partial charge on any atom is 0.342 e. The molecule has 0 fully saturated rings. The average Bonchev–Trinajstić information content (AvgIpc) is 2.97. The van der Waals surface area contributed by atoms with Crippen LogP contribution >= 0.6 is 0 Å². The summed E-state index contributed by atoms with van der Waals surface area (Å²) in [5.74, 6) is -3.12. The minimum atomic E-state index is -0.918. The van der Waals surface area contributed by atoms with Gasteiger partial charge in [0, 0.05) is 6.07 Å². The zero-order valence-corrected chi connectivity index (χ0v) is 16.8. The number of hydrogen-bond donors (Lipinski definition) is 1. The molecular weight excluding hydrogens is 392 g/mol. The molecule has 6 nitrogen and oxygen atoms in total. The van der Waals surface area contributed by atoms with E-state index in [9.17, 15) is 18.4 Å². The standard InChI is InChI=1S/C22H21F2N3O3/c1-13-4-6-16(7-5-13)11-27-15(3)21(14(2)26-27)22(29)30-12-20(28)25-19-9-8-17(23)10-18(19)24/h4-10H,11-12H2,1-3H3,(H,25,28). The van der Waals surface area contributed by atoms with Crippen molar-refractivity contribution < 1.29 is 23.1 Å². The number of benzene rings is 2. The Morgan fingerprint density at radius 3 is 2.43 bits per heavy atom. The summed E-state index contributed by atoms with van der Waals surface area (Å²) in [6.45, 7) is 5.31. The Kier molecular flexibility index (Phi) is 6.25. The van der Waals surface area contributed by atoms with Gasteiger partial charge in [-0.1, -0.05) is 29.8 Å². The van der Waals surface area contributed by atoms with Gasteiger partial charge < -0.3 is 10.1 Å². The third kappa shape index (κ3) is 4.89. The molecule has 0 spiro atoms. The minimum absolute atomic E-state index is 0.198. The van der Waals surface area contributed by atoms with Crippen LogP contribution in [0.15, 0.2) is 42.5 Å². The second kappa shape index (κ2) is 8.86. The summed E-state index contributed by atoms with van der Waals surface area (Å²) in [6, 6.07) is 10.7. The zero-order valence-electron chi connectivity index (χ0n) is 16.8. The van der Waals surface area contributed by atoms with Gasteiger partial charge in [0.25, 0.3) is 5.91 Å². The second-order valence-electron chi connectivity index (χ2n) is 6.94. The molecule has 30 heavy (non-hydrogen) atoms. The molecule has 0 radical (unpaired) electrons. The highest BCUT2D eigenvalue weighted by Crippen LogP contribution is 2.17. The number of halogens is 2. The van der Waals surface area contributed by atoms with Gasteiger partial charge in [-0.2, -0.15) is 5.10 Å². The maximum absolute atomic E-state index is 13.6. The lowest BCUT2D eigenvalue weighted by atomic mass is 10.1. The first kappa shape index (κ1) is 21.2. The van der Waals surface area contributed by atoms with Gasteiger partial charge in [-0.15, -0.1) is 0 Å². The number of carbonyl (C=O) groups excluding carboxylic acids is 2. The third-order valence-electron chi connectivity index (χ3n) is 4.58. The molecular formula is C22H21F2N3O3. The van der Waals surface area contributed by atoms with E-state index in [-0.39, 0.29) is 11.3 Å². The number of amides is 1. The van der Waals surface area contributed by atoms with Crippen molar-refractivity contribution in [2.24, 2.45) is 0 Å². The Bertz CT molecular complexity index is 1090. The van der Waals surface area contributed by atoms with Crippen LogP contribution < -0.4 is 5.32 Å². The van der Waals surface area contributed by atoms with E-state index in [0.717, 1.165) is 23.3 Å². The molecule has 0 atom stereocenters. The van der Waals surface area contributed by atoms with Crippen LogP contribution in [-0.4, -0.2) is 28.3 Å². The van der Waals surface area contributed by atoms with Crippen LogP contribution in [0.2, 0.25) is 0 Å². The molecule has 1 N–H and O–H groups in total. The maximum atomic E-state index is 13.6. The van der Waals surface area contributed by atoms with Crippen LogP contribution in [0.5, 0.6) is 0 Å². The SMILES string of the molecule is Cc1ccc(Cn2nc(C)c(C(=O)OCC(=O)Nc3ccc(F)cc3F)c2C)cc1.